The lowest BCUT2D eigenvalue weighted by atomic mass is 10.4. The maximum atomic E-state index is 5.87. The molecule has 1 saturated heterocycles. The molecule has 0 spiro atoms. The Kier molecular flexibility index (Phi) is 2.76. The second-order valence-electron chi connectivity index (χ2n) is 2.47. The van der Waals surface area contributed by atoms with Crippen molar-refractivity contribution in [1.82, 2.24) is 10.2 Å². The van der Waals surface area contributed by atoms with Gasteiger partial charge in [0.15, 0.2) is 0 Å². The number of nitrogens with one attached hydrogen (secondary N) is 1. The summed E-state index contributed by atoms with van der Waals surface area (Å²) in [5, 5.41) is 3.48. The van der Waals surface area contributed by atoms with Crippen LogP contribution < -0.4 is 5.32 Å². The van der Waals surface area contributed by atoms with E-state index in [0.29, 0.717) is 5.38 Å². The highest BCUT2D eigenvalue weighted by Crippen LogP contribution is 2.12. The summed E-state index contributed by atoms with van der Waals surface area (Å²) in [6, 6.07) is 0. The SMILES string of the molecule is CNCN1CCC(Cl)C1. The minimum absolute atomic E-state index is 0.387. The summed E-state index contributed by atoms with van der Waals surface area (Å²) in [5.74, 6) is 0. The quantitative estimate of drug-likeness (QED) is 0.573. The molecule has 0 amide bonds. The van der Waals surface area contributed by atoms with Crippen LogP contribution in [0.4, 0.5) is 0 Å². The van der Waals surface area contributed by atoms with Crippen molar-refractivity contribution >= 4 is 11.6 Å². The second-order valence-corrected chi connectivity index (χ2v) is 3.09. The molecule has 0 aromatic carbocycles. The molecule has 1 aliphatic heterocycles. The zero-order valence-corrected chi connectivity index (χ0v) is 6.49. The van der Waals surface area contributed by atoms with Gasteiger partial charge in [0, 0.05) is 25.1 Å². The molecule has 2 nitrogen and oxygen atoms in total. The molecule has 1 fully saturated rings. The fraction of sp³-hybridized carbons (Fsp3) is 1.00. The molecule has 0 radical (unpaired) electrons. The normalized spacial score (nSPS) is 29.3. The molecule has 0 saturated carbocycles. The zero-order valence-electron chi connectivity index (χ0n) is 5.73. The van der Waals surface area contributed by atoms with Crippen LogP contribution >= 0.6 is 11.6 Å². The van der Waals surface area contributed by atoms with Crippen molar-refractivity contribution in [2.45, 2.75) is 11.8 Å². The molecule has 0 aromatic rings. The number of alkyl halides is 1. The molecule has 1 aliphatic rings. The molecule has 1 rings (SSSR count). The molecule has 3 heteroatoms. The molecular weight excluding hydrogens is 136 g/mol. The summed E-state index contributed by atoms with van der Waals surface area (Å²) in [6.45, 7) is 3.17. The van der Waals surface area contributed by atoms with Gasteiger partial charge in [0.2, 0.25) is 0 Å². The van der Waals surface area contributed by atoms with E-state index in [2.05, 4.69) is 10.2 Å². The van der Waals surface area contributed by atoms with E-state index in [9.17, 15) is 0 Å². The van der Waals surface area contributed by atoms with Crippen molar-refractivity contribution < 1.29 is 0 Å². The van der Waals surface area contributed by atoms with Gasteiger partial charge in [0.05, 0.1) is 0 Å². The number of rotatable bonds is 2. The van der Waals surface area contributed by atoms with Crippen molar-refractivity contribution in [3.05, 3.63) is 0 Å². The Morgan fingerprint density at radius 1 is 1.78 bits per heavy atom. The molecule has 1 unspecified atom stereocenters. The van der Waals surface area contributed by atoms with E-state index in [-0.39, 0.29) is 0 Å². The third-order valence-corrected chi connectivity index (χ3v) is 1.95. The van der Waals surface area contributed by atoms with E-state index >= 15 is 0 Å². The maximum Gasteiger partial charge on any atom is 0.0478 e. The third-order valence-electron chi connectivity index (χ3n) is 1.60. The Morgan fingerprint density at radius 3 is 3.00 bits per heavy atom. The van der Waals surface area contributed by atoms with Gasteiger partial charge in [-0.15, -0.1) is 11.6 Å². The summed E-state index contributed by atoms with van der Waals surface area (Å²) in [5.41, 5.74) is 0. The van der Waals surface area contributed by atoms with Crippen LogP contribution in [-0.4, -0.2) is 37.1 Å². The summed E-state index contributed by atoms with van der Waals surface area (Å²) in [7, 11) is 1.96. The highest BCUT2D eigenvalue weighted by molar-refractivity contribution is 6.20. The smallest absolute Gasteiger partial charge is 0.0478 e. The minimum Gasteiger partial charge on any atom is -0.307 e. The lowest BCUT2D eigenvalue weighted by Crippen LogP contribution is -2.30. The van der Waals surface area contributed by atoms with Gasteiger partial charge >= 0.3 is 0 Å². The number of likely N-dealkylation sites (tertiary alicyclic amines) is 1. The molecule has 0 bridgehead atoms. The van der Waals surface area contributed by atoms with Crippen LogP contribution in [0.3, 0.4) is 0 Å². The van der Waals surface area contributed by atoms with E-state index in [0.717, 1.165) is 26.2 Å². The van der Waals surface area contributed by atoms with Crippen LogP contribution in [0.25, 0.3) is 0 Å². The Balaban J connectivity index is 2.14. The monoisotopic (exact) mass is 148 g/mol. The van der Waals surface area contributed by atoms with Crippen LogP contribution in [0.2, 0.25) is 0 Å². The molecule has 1 N–H and O–H groups in total. The summed E-state index contributed by atoms with van der Waals surface area (Å²) >= 11 is 5.87. The molecule has 54 valence electrons. The van der Waals surface area contributed by atoms with Gasteiger partial charge in [-0.3, -0.25) is 4.90 Å². The fourth-order valence-electron chi connectivity index (χ4n) is 1.15. The van der Waals surface area contributed by atoms with Gasteiger partial charge in [0.25, 0.3) is 0 Å². The number of nitrogens with zero attached hydrogens (tertiary/aromatic N) is 1. The van der Waals surface area contributed by atoms with Crippen LogP contribution in [0.5, 0.6) is 0 Å². The number of hydrogen-bond acceptors (Lipinski definition) is 2. The van der Waals surface area contributed by atoms with Crippen molar-refractivity contribution in [3.63, 3.8) is 0 Å². The van der Waals surface area contributed by atoms with Gasteiger partial charge in [-0.1, -0.05) is 0 Å². The molecule has 0 aromatic heterocycles. The van der Waals surface area contributed by atoms with Crippen molar-refractivity contribution in [2.24, 2.45) is 0 Å². The lowest BCUT2D eigenvalue weighted by molar-refractivity contribution is 0.322. The Morgan fingerprint density at radius 2 is 2.56 bits per heavy atom. The molecular formula is C6H13ClN2. The first kappa shape index (κ1) is 7.32. The first-order valence-electron chi connectivity index (χ1n) is 3.34. The number of halogens is 1. The predicted octanol–water partition coefficient (Wildman–Crippen LogP) is 0.476. The van der Waals surface area contributed by atoms with Gasteiger partial charge in [-0.25, -0.2) is 0 Å². The van der Waals surface area contributed by atoms with E-state index in [1.165, 1.54) is 0 Å². The maximum absolute atomic E-state index is 5.87. The Labute approximate surface area is 61.2 Å². The zero-order chi connectivity index (χ0) is 6.69. The molecule has 0 aliphatic carbocycles. The van der Waals surface area contributed by atoms with Gasteiger partial charge in [-0.05, 0) is 13.5 Å². The van der Waals surface area contributed by atoms with Crippen LogP contribution in [0, 0.1) is 0 Å². The van der Waals surface area contributed by atoms with E-state index in [1.807, 2.05) is 7.05 Å². The van der Waals surface area contributed by atoms with Crippen LogP contribution in [0.1, 0.15) is 6.42 Å². The van der Waals surface area contributed by atoms with Crippen molar-refractivity contribution in [1.29, 1.82) is 0 Å². The predicted molar refractivity (Wildman–Crippen MR) is 39.8 cm³/mol. The summed E-state index contributed by atoms with van der Waals surface area (Å²) in [6.07, 6.45) is 1.14. The highest BCUT2D eigenvalue weighted by atomic mass is 35.5. The van der Waals surface area contributed by atoms with Gasteiger partial charge < -0.3 is 5.32 Å². The van der Waals surface area contributed by atoms with Crippen LogP contribution in [-0.2, 0) is 0 Å². The standard InChI is InChI=1S/C6H13ClN2/c1-8-5-9-3-2-6(7)4-9/h6,8H,2-5H2,1H3. The van der Waals surface area contributed by atoms with E-state index in [4.69, 9.17) is 11.6 Å². The molecule has 1 heterocycles. The highest BCUT2D eigenvalue weighted by Gasteiger charge is 2.18. The topological polar surface area (TPSA) is 15.3 Å². The van der Waals surface area contributed by atoms with Gasteiger partial charge in [-0.2, -0.15) is 0 Å². The Hall–Kier alpha value is 0.210. The van der Waals surface area contributed by atoms with Gasteiger partial charge in [0.1, 0.15) is 0 Å². The minimum atomic E-state index is 0.387. The molecule has 9 heavy (non-hydrogen) atoms. The first-order chi connectivity index (χ1) is 4.33. The average Bonchev–Trinajstić information content (AvgIpc) is 2.17. The van der Waals surface area contributed by atoms with Crippen molar-refractivity contribution in [3.8, 4) is 0 Å². The van der Waals surface area contributed by atoms with E-state index in [1.54, 1.807) is 0 Å². The van der Waals surface area contributed by atoms with Crippen LogP contribution in [0.15, 0.2) is 0 Å². The summed E-state index contributed by atoms with van der Waals surface area (Å²) in [4.78, 5) is 2.32. The third kappa shape index (κ3) is 2.12. The second kappa shape index (κ2) is 3.40. The van der Waals surface area contributed by atoms with E-state index < -0.39 is 0 Å². The largest absolute Gasteiger partial charge is 0.307 e. The Bertz CT molecular complexity index is 85.1. The first-order valence-corrected chi connectivity index (χ1v) is 3.77. The number of hydrogen-bond donors (Lipinski definition) is 1. The molecule has 1 atom stereocenters. The van der Waals surface area contributed by atoms with Crippen molar-refractivity contribution in [2.75, 3.05) is 26.8 Å². The average molecular weight is 149 g/mol. The lowest BCUT2D eigenvalue weighted by Gasteiger charge is -2.12. The summed E-state index contributed by atoms with van der Waals surface area (Å²) < 4.78 is 0. The fourth-order valence-corrected chi connectivity index (χ4v) is 1.45.